The standard InChI is InChI=1S/C20H20ClFN2O3/c1-26-18-12-19(27-2)17(11-16(18)21)23-20(25)24-9-7-14(8-10-24)13-3-5-15(22)6-4-13/h3-7,11-12H,8-10H2,1-2H3,(H,23,25). The highest BCUT2D eigenvalue weighted by Gasteiger charge is 2.20. The van der Waals surface area contributed by atoms with E-state index in [9.17, 15) is 9.18 Å². The van der Waals surface area contributed by atoms with E-state index in [1.54, 1.807) is 29.2 Å². The van der Waals surface area contributed by atoms with Gasteiger partial charge in [0.05, 0.1) is 24.9 Å². The lowest BCUT2D eigenvalue weighted by molar-refractivity contribution is 0.217. The Morgan fingerprint density at radius 3 is 2.44 bits per heavy atom. The number of hydrogen-bond donors (Lipinski definition) is 1. The second-order valence-corrected chi connectivity index (χ2v) is 6.46. The summed E-state index contributed by atoms with van der Waals surface area (Å²) in [5, 5.41) is 3.21. The summed E-state index contributed by atoms with van der Waals surface area (Å²) in [6.45, 7) is 1.02. The van der Waals surface area contributed by atoms with Crippen LogP contribution in [0.4, 0.5) is 14.9 Å². The van der Waals surface area contributed by atoms with E-state index in [0.29, 0.717) is 41.7 Å². The number of carbonyl (C=O) groups excluding carboxylic acids is 1. The molecule has 7 heteroatoms. The Kier molecular flexibility index (Phi) is 5.86. The first-order valence-corrected chi connectivity index (χ1v) is 8.82. The van der Waals surface area contributed by atoms with Gasteiger partial charge in [-0.2, -0.15) is 0 Å². The fourth-order valence-electron chi connectivity index (χ4n) is 2.93. The van der Waals surface area contributed by atoms with E-state index in [0.717, 1.165) is 11.1 Å². The maximum atomic E-state index is 13.1. The number of anilines is 1. The largest absolute Gasteiger partial charge is 0.495 e. The number of methoxy groups -OCH3 is 2. The van der Waals surface area contributed by atoms with Gasteiger partial charge in [0, 0.05) is 19.2 Å². The van der Waals surface area contributed by atoms with Crippen molar-refractivity contribution in [3.05, 3.63) is 58.9 Å². The molecule has 0 aromatic heterocycles. The molecular formula is C20H20ClFN2O3. The molecule has 1 N–H and O–H groups in total. The third kappa shape index (κ3) is 4.34. The van der Waals surface area contributed by atoms with Crippen LogP contribution in [0.15, 0.2) is 42.5 Å². The van der Waals surface area contributed by atoms with Crippen molar-refractivity contribution >= 4 is 28.9 Å². The van der Waals surface area contributed by atoms with Crippen LogP contribution in [0.25, 0.3) is 5.57 Å². The van der Waals surface area contributed by atoms with Gasteiger partial charge in [-0.1, -0.05) is 29.8 Å². The van der Waals surface area contributed by atoms with E-state index >= 15 is 0 Å². The van der Waals surface area contributed by atoms with Crippen molar-refractivity contribution in [1.29, 1.82) is 0 Å². The van der Waals surface area contributed by atoms with Gasteiger partial charge < -0.3 is 19.7 Å². The first kappa shape index (κ1) is 19.0. The number of carbonyl (C=O) groups is 1. The minimum absolute atomic E-state index is 0.246. The molecule has 0 unspecified atom stereocenters. The maximum Gasteiger partial charge on any atom is 0.322 e. The second-order valence-electron chi connectivity index (χ2n) is 6.05. The van der Waals surface area contributed by atoms with Crippen LogP contribution in [-0.2, 0) is 0 Å². The quantitative estimate of drug-likeness (QED) is 0.814. The first-order valence-electron chi connectivity index (χ1n) is 8.44. The van der Waals surface area contributed by atoms with Gasteiger partial charge in [0.25, 0.3) is 0 Å². The molecule has 1 aliphatic rings. The van der Waals surface area contributed by atoms with Crippen LogP contribution < -0.4 is 14.8 Å². The van der Waals surface area contributed by atoms with Crippen LogP contribution in [0.2, 0.25) is 5.02 Å². The molecule has 0 saturated carbocycles. The van der Waals surface area contributed by atoms with Gasteiger partial charge in [-0.3, -0.25) is 0 Å². The van der Waals surface area contributed by atoms with E-state index in [-0.39, 0.29) is 11.8 Å². The van der Waals surface area contributed by atoms with Crippen molar-refractivity contribution in [1.82, 2.24) is 4.90 Å². The molecule has 0 radical (unpaired) electrons. The number of nitrogens with zero attached hydrogens (tertiary/aromatic N) is 1. The molecule has 0 saturated heterocycles. The van der Waals surface area contributed by atoms with Gasteiger partial charge in [-0.15, -0.1) is 0 Å². The molecule has 0 atom stereocenters. The third-order valence-electron chi connectivity index (χ3n) is 4.43. The third-order valence-corrected chi connectivity index (χ3v) is 4.72. The Morgan fingerprint density at radius 1 is 1.15 bits per heavy atom. The number of nitrogens with one attached hydrogen (secondary N) is 1. The van der Waals surface area contributed by atoms with Crippen molar-refractivity contribution in [2.24, 2.45) is 0 Å². The number of halogens is 2. The smallest absolute Gasteiger partial charge is 0.322 e. The zero-order valence-corrected chi connectivity index (χ0v) is 15.8. The molecule has 0 aliphatic carbocycles. The molecule has 0 spiro atoms. The van der Waals surface area contributed by atoms with E-state index in [1.807, 2.05) is 6.08 Å². The summed E-state index contributed by atoms with van der Waals surface area (Å²) in [4.78, 5) is 14.3. The maximum absolute atomic E-state index is 13.1. The highest BCUT2D eigenvalue weighted by molar-refractivity contribution is 6.32. The average Bonchev–Trinajstić information content (AvgIpc) is 2.69. The summed E-state index contributed by atoms with van der Waals surface area (Å²) < 4.78 is 23.5. The highest BCUT2D eigenvalue weighted by Crippen LogP contribution is 2.36. The number of benzene rings is 2. The Hall–Kier alpha value is -2.73. The average molecular weight is 391 g/mol. The normalized spacial score (nSPS) is 13.8. The fraction of sp³-hybridized carbons (Fsp3) is 0.250. The predicted octanol–water partition coefficient (Wildman–Crippen LogP) is 4.82. The summed E-state index contributed by atoms with van der Waals surface area (Å²) in [5.74, 6) is 0.670. The van der Waals surface area contributed by atoms with E-state index in [4.69, 9.17) is 21.1 Å². The fourth-order valence-corrected chi connectivity index (χ4v) is 3.17. The zero-order valence-electron chi connectivity index (χ0n) is 15.1. The lowest BCUT2D eigenvalue weighted by Gasteiger charge is -2.27. The molecule has 1 aliphatic heterocycles. The van der Waals surface area contributed by atoms with Gasteiger partial charge in [-0.25, -0.2) is 9.18 Å². The molecule has 1 heterocycles. The molecule has 2 aromatic rings. The van der Waals surface area contributed by atoms with Crippen LogP contribution in [0, 0.1) is 5.82 Å². The number of urea groups is 1. The summed E-state index contributed by atoms with van der Waals surface area (Å²) in [6.07, 6.45) is 2.67. The molecule has 27 heavy (non-hydrogen) atoms. The Bertz CT molecular complexity index is 868. The van der Waals surface area contributed by atoms with E-state index < -0.39 is 0 Å². The molecule has 2 amide bonds. The number of ether oxygens (including phenoxy) is 2. The van der Waals surface area contributed by atoms with Crippen molar-refractivity contribution in [3.8, 4) is 11.5 Å². The number of rotatable bonds is 4. The van der Waals surface area contributed by atoms with Crippen LogP contribution in [0.5, 0.6) is 11.5 Å². The lowest BCUT2D eigenvalue weighted by Crippen LogP contribution is -2.38. The van der Waals surface area contributed by atoms with Gasteiger partial charge >= 0.3 is 6.03 Å². The van der Waals surface area contributed by atoms with Crippen LogP contribution in [-0.4, -0.2) is 38.2 Å². The van der Waals surface area contributed by atoms with E-state index in [1.165, 1.54) is 26.4 Å². The number of amides is 2. The Labute approximate surface area is 162 Å². The van der Waals surface area contributed by atoms with Crippen LogP contribution in [0.3, 0.4) is 0 Å². The molecule has 142 valence electrons. The summed E-state index contributed by atoms with van der Waals surface area (Å²) in [7, 11) is 3.02. The molecule has 3 rings (SSSR count). The molecule has 0 bridgehead atoms. The molecule has 0 fully saturated rings. The van der Waals surface area contributed by atoms with Crippen molar-refractivity contribution < 1.29 is 18.7 Å². The van der Waals surface area contributed by atoms with Crippen molar-refractivity contribution in [2.75, 3.05) is 32.6 Å². The summed E-state index contributed by atoms with van der Waals surface area (Å²) in [5.41, 5.74) is 2.55. The SMILES string of the molecule is COc1cc(OC)c(NC(=O)N2CC=C(c3ccc(F)cc3)CC2)cc1Cl. The Morgan fingerprint density at radius 2 is 1.85 bits per heavy atom. The Balaban J connectivity index is 1.69. The summed E-state index contributed by atoms with van der Waals surface area (Å²) >= 11 is 6.14. The van der Waals surface area contributed by atoms with Gasteiger partial charge in [0.15, 0.2) is 0 Å². The minimum Gasteiger partial charge on any atom is -0.495 e. The monoisotopic (exact) mass is 390 g/mol. The number of hydrogen-bond acceptors (Lipinski definition) is 3. The molecule has 5 nitrogen and oxygen atoms in total. The zero-order chi connectivity index (χ0) is 19.4. The van der Waals surface area contributed by atoms with Gasteiger partial charge in [-0.05, 0) is 35.8 Å². The predicted molar refractivity (Wildman–Crippen MR) is 104 cm³/mol. The topological polar surface area (TPSA) is 50.8 Å². The van der Waals surface area contributed by atoms with Crippen molar-refractivity contribution in [3.63, 3.8) is 0 Å². The van der Waals surface area contributed by atoms with E-state index in [2.05, 4.69) is 5.32 Å². The molecule has 2 aromatic carbocycles. The van der Waals surface area contributed by atoms with Gasteiger partial charge in [0.2, 0.25) is 0 Å². The molecular weight excluding hydrogens is 371 g/mol. The summed E-state index contributed by atoms with van der Waals surface area (Å²) in [6, 6.07) is 9.36. The highest BCUT2D eigenvalue weighted by atomic mass is 35.5. The first-order chi connectivity index (χ1) is 13.0. The second kappa shape index (κ2) is 8.31. The van der Waals surface area contributed by atoms with Gasteiger partial charge in [0.1, 0.15) is 17.3 Å². The minimum atomic E-state index is -0.261. The van der Waals surface area contributed by atoms with Crippen molar-refractivity contribution in [2.45, 2.75) is 6.42 Å². The van der Waals surface area contributed by atoms with Crippen LogP contribution in [0.1, 0.15) is 12.0 Å². The van der Waals surface area contributed by atoms with Crippen LogP contribution >= 0.6 is 11.6 Å². The lowest BCUT2D eigenvalue weighted by atomic mass is 10.00.